The van der Waals surface area contributed by atoms with E-state index in [1.807, 2.05) is 13.1 Å². The molecule has 2 bridgehead atoms. The molecule has 2 fully saturated rings. The summed E-state index contributed by atoms with van der Waals surface area (Å²) in [5.74, 6) is 0.462. The van der Waals surface area contributed by atoms with Gasteiger partial charge in [0.15, 0.2) is 0 Å². The van der Waals surface area contributed by atoms with Crippen molar-refractivity contribution in [2.75, 3.05) is 11.9 Å². The van der Waals surface area contributed by atoms with Crippen molar-refractivity contribution in [2.45, 2.75) is 43.6 Å². The van der Waals surface area contributed by atoms with Crippen LogP contribution in [-0.2, 0) is 0 Å². The molecule has 0 aliphatic carbocycles. The molecule has 2 unspecified atom stereocenters. The molecule has 2 aromatic heterocycles. The van der Waals surface area contributed by atoms with E-state index in [1.165, 1.54) is 0 Å². The molecule has 0 saturated carbocycles. The molecule has 3 aromatic rings. The number of alkyl halides is 1. The standard InChI is InChI=1S/C20H22FN7O/c1-27(17-8-12-2-5-15(24-12)19(17)21)20-23-10-16(25-26-20)14-4-3-13(9-18(14)29)28-7-6-22-11-28/h3-4,6-7,9-12,15,17,19,24,29H,2,5,8H2,1H3/t12?,15?,17-,19+/m1/s1. The molecule has 2 aliphatic rings. The van der Waals surface area contributed by atoms with E-state index < -0.39 is 6.17 Å². The molecule has 9 heteroatoms. The predicted molar refractivity (Wildman–Crippen MR) is 106 cm³/mol. The first-order valence-electron chi connectivity index (χ1n) is 9.74. The van der Waals surface area contributed by atoms with Crippen LogP contribution in [-0.4, -0.2) is 61.2 Å². The molecular weight excluding hydrogens is 373 g/mol. The van der Waals surface area contributed by atoms with Crippen molar-refractivity contribution in [1.29, 1.82) is 0 Å². The lowest BCUT2D eigenvalue weighted by Gasteiger charge is -2.38. The first-order chi connectivity index (χ1) is 14.1. The maximum absolute atomic E-state index is 14.8. The second-order valence-electron chi connectivity index (χ2n) is 7.72. The first-order valence-corrected chi connectivity index (χ1v) is 9.74. The topological polar surface area (TPSA) is 92.0 Å². The number of phenols is 1. The van der Waals surface area contributed by atoms with Crippen LogP contribution in [0, 0.1) is 0 Å². The Labute approximate surface area is 167 Å². The number of phenolic OH excluding ortho intramolecular Hbond substituents is 1. The molecule has 150 valence electrons. The quantitative estimate of drug-likeness (QED) is 0.699. The number of aromatic hydroxyl groups is 1. The Morgan fingerprint density at radius 2 is 2.17 bits per heavy atom. The zero-order valence-electron chi connectivity index (χ0n) is 16.0. The third-order valence-electron chi connectivity index (χ3n) is 5.98. The van der Waals surface area contributed by atoms with Gasteiger partial charge in [0, 0.05) is 43.2 Å². The van der Waals surface area contributed by atoms with Gasteiger partial charge in [0.1, 0.15) is 17.6 Å². The summed E-state index contributed by atoms with van der Waals surface area (Å²) in [4.78, 5) is 10.2. The summed E-state index contributed by atoms with van der Waals surface area (Å²) in [6, 6.07) is 5.28. The van der Waals surface area contributed by atoms with Gasteiger partial charge in [-0.3, -0.25) is 0 Å². The first kappa shape index (κ1) is 18.0. The maximum Gasteiger partial charge on any atom is 0.245 e. The second-order valence-corrected chi connectivity index (χ2v) is 7.72. The molecule has 5 rings (SSSR count). The Balaban J connectivity index is 1.36. The Morgan fingerprint density at radius 1 is 1.28 bits per heavy atom. The van der Waals surface area contributed by atoms with Gasteiger partial charge in [0.25, 0.3) is 0 Å². The monoisotopic (exact) mass is 395 g/mol. The van der Waals surface area contributed by atoms with Gasteiger partial charge in [-0.1, -0.05) is 0 Å². The number of fused-ring (bicyclic) bond motifs is 2. The Kier molecular flexibility index (Phi) is 4.39. The lowest BCUT2D eigenvalue weighted by atomic mass is 9.97. The van der Waals surface area contributed by atoms with Crippen LogP contribution in [0.5, 0.6) is 5.75 Å². The van der Waals surface area contributed by atoms with Gasteiger partial charge >= 0.3 is 0 Å². The molecule has 0 spiro atoms. The predicted octanol–water partition coefficient (Wildman–Crippen LogP) is 2.10. The fourth-order valence-electron chi connectivity index (χ4n) is 4.36. The second kappa shape index (κ2) is 7.07. The van der Waals surface area contributed by atoms with Crippen LogP contribution in [0.25, 0.3) is 16.9 Å². The zero-order chi connectivity index (χ0) is 20.0. The van der Waals surface area contributed by atoms with Gasteiger partial charge in [-0.2, -0.15) is 0 Å². The Hall–Kier alpha value is -3.07. The number of nitrogens with zero attached hydrogens (tertiary/aromatic N) is 6. The smallest absolute Gasteiger partial charge is 0.245 e. The molecular formula is C20H22FN7O. The minimum absolute atomic E-state index is 0.0761. The van der Waals surface area contributed by atoms with Gasteiger partial charge in [0.2, 0.25) is 5.95 Å². The average Bonchev–Trinajstić information content (AvgIpc) is 3.41. The van der Waals surface area contributed by atoms with Crippen LogP contribution >= 0.6 is 0 Å². The van der Waals surface area contributed by atoms with E-state index in [-0.39, 0.29) is 17.8 Å². The SMILES string of the molecule is CN(c1ncc(-c2ccc(-n3ccnc3)cc2O)nn1)[C@@H]1CC2CCC(N2)[C@@H]1F. The van der Waals surface area contributed by atoms with E-state index in [4.69, 9.17) is 0 Å². The normalized spacial score (nSPS) is 25.9. The number of imidazole rings is 1. The van der Waals surface area contributed by atoms with Crippen LogP contribution in [0.15, 0.2) is 43.1 Å². The van der Waals surface area contributed by atoms with E-state index in [9.17, 15) is 9.50 Å². The highest BCUT2D eigenvalue weighted by Gasteiger charge is 2.44. The van der Waals surface area contributed by atoms with Gasteiger partial charge in [-0.25, -0.2) is 14.4 Å². The maximum atomic E-state index is 14.8. The highest BCUT2D eigenvalue weighted by molar-refractivity contribution is 5.68. The van der Waals surface area contributed by atoms with Crippen molar-refractivity contribution in [1.82, 2.24) is 30.0 Å². The summed E-state index contributed by atoms with van der Waals surface area (Å²) in [5.41, 5.74) is 1.78. The summed E-state index contributed by atoms with van der Waals surface area (Å²) in [6.45, 7) is 0. The minimum Gasteiger partial charge on any atom is -0.507 e. The zero-order valence-corrected chi connectivity index (χ0v) is 16.0. The molecule has 0 radical (unpaired) electrons. The molecule has 8 nitrogen and oxygen atoms in total. The lowest BCUT2D eigenvalue weighted by Crippen LogP contribution is -2.55. The summed E-state index contributed by atoms with van der Waals surface area (Å²) in [7, 11) is 1.82. The molecule has 4 heterocycles. The number of benzene rings is 1. The van der Waals surface area contributed by atoms with Crippen LogP contribution in [0.3, 0.4) is 0 Å². The highest BCUT2D eigenvalue weighted by atomic mass is 19.1. The number of nitrogens with one attached hydrogen (secondary N) is 1. The number of hydrogen-bond acceptors (Lipinski definition) is 7. The van der Waals surface area contributed by atoms with Gasteiger partial charge in [0.05, 0.1) is 24.3 Å². The molecule has 4 atom stereocenters. The molecule has 1 aromatic carbocycles. The summed E-state index contributed by atoms with van der Waals surface area (Å²) in [5, 5.41) is 22.2. The molecule has 2 aliphatic heterocycles. The number of hydrogen-bond donors (Lipinski definition) is 2. The largest absolute Gasteiger partial charge is 0.507 e. The van der Waals surface area contributed by atoms with Crippen LogP contribution in [0.1, 0.15) is 19.3 Å². The lowest BCUT2D eigenvalue weighted by molar-refractivity contribution is 0.175. The van der Waals surface area contributed by atoms with E-state index in [2.05, 4.69) is 25.5 Å². The summed E-state index contributed by atoms with van der Waals surface area (Å²) >= 11 is 0. The van der Waals surface area contributed by atoms with Crippen LogP contribution in [0.2, 0.25) is 0 Å². The fraction of sp³-hybridized carbons (Fsp3) is 0.400. The summed E-state index contributed by atoms with van der Waals surface area (Å²) in [6.07, 6.45) is 8.36. The van der Waals surface area contributed by atoms with Crippen molar-refractivity contribution in [2.24, 2.45) is 0 Å². The van der Waals surface area contributed by atoms with E-state index >= 15 is 0 Å². The third kappa shape index (κ3) is 3.21. The molecule has 29 heavy (non-hydrogen) atoms. The molecule has 2 N–H and O–H groups in total. The number of halogens is 1. The number of rotatable bonds is 4. The molecule has 0 amide bonds. The molecule has 2 saturated heterocycles. The average molecular weight is 395 g/mol. The number of piperidine rings is 1. The van der Waals surface area contributed by atoms with Gasteiger partial charge in [-0.15, -0.1) is 10.2 Å². The Morgan fingerprint density at radius 3 is 2.90 bits per heavy atom. The van der Waals surface area contributed by atoms with Crippen molar-refractivity contribution >= 4 is 5.95 Å². The number of anilines is 1. The number of aromatic nitrogens is 5. The summed E-state index contributed by atoms with van der Waals surface area (Å²) < 4.78 is 16.6. The van der Waals surface area contributed by atoms with Crippen molar-refractivity contribution in [3.05, 3.63) is 43.1 Å². The van der Waals surface area contributed by atoms with Gasteiger partial charge in [-0.05, 0) is 31.4 Å². The van der Waals surface area contributed by atoms with Gasteiger partial charge < -0.3 is 19.9 Å². The third-order valence-corrected chi connectivity index (χ3v) is 5.98. The van der Waals surface area contributed by atoms with Crippen LogP contribution < -0.4 is 10.2 Å². The van der Waals surface area contributed by atoms with E-state index in [0.717, 1.165) is 24.9 Å². The Bertz CT molecular complexity index is 995. The van der Waals surface area contributed by atoms with Crippen molar-refractivity contribution in [3.63, 3.8) is 0 Å². The van der Waals surface area contributed by atoms with Crippen molar-refractivity contribution in [3.8, 4) is 22.7 Å². The fourth-order valence-corrected chi connectivity index (χ4v) is 4.36. The van der Waals surface area contributed by atoms with E-state index in [0.29, 0.717) is 23.2 Å². The van der Waals surface area contributed by atoms with E-state index in [1.54, 1.807) is 46.5 Å². The highest BCUT2D eigenvalue weighted by Crippen LogP contribution is 2.33. The minimum atomic E-state index is -0.957. The van der Waals surface area contributed by atoms with Crippen LogP contribution in [0.4, 0.5) is 10.3 Å². The van der Waals surface area contributed by atoms with Crippen molar-refractivity contribution < 1.29 is 9.50 Å².